The second kappa shape index (κ2) is 6.46. The van der Waals surface area contributed by atoms with Crippen molar-refractivity contribution in [3.63, 3.8) is 0 Å². The van der Waals surface area contributed by atoms with Crippen LogP contribution in [0.15, 0.2) is 11.4 Å². The van der Waals surface area contributed by atoms with Crippen molar-refractivity contribution in [2.24, 2.45) is 11.8 Å². The third-order valence-electron chi connectivity index (χ3n) is 4.60. The number of carbonyl (C=O) groups excluding carboxylic acids is 1. The Kier molecular flexibility index (Phi) is 4.62. The summed E-state index contributed by atoms with van der Waals surface area (Å²) in [6.45, 7) is 3.61. The minimum atomic E-state index is 0.0463. The van der Waals surface area contributed by atoms with Crippen molar-refractivity contribution in [2.75, 3.05) is 20.3 Å². The molecular weight excluding hydrogens is 286 g/mol. The zero-order valence-corrected chi connectivity index (χ0v) is 13.4. The molecule has 1 saturated carbocycles. The number of nitrogens with one attached hydrogen (secondary N) is 1. The molecule has 0 unspecified atom stereocenters. The number of aryl methyl sites for hydroxylation is 1. The number of thiophene rings is 1. The fraction of sp³-hybridized carbons (Fsp3) is 0.688. The van der Waals surface area contributed by atoms with Crippen LogP contribution in [0, 0.1) is 11.8 Å². The summed E-state index contributed by atoms with van der Waals surface area (Å²) in [6, 6.07) is 2.22. The van der Waals surface area contributed by atoms with Gasteiger partial charge in [-0.05, 0) is 18.9 Å². The quantitative estimate of drug-likeness (QED) is 0.878. The number of hydrogen-bond acceptors (Lipinski definition) is 4. The van der Waals surface area contributed by atoms with Crippen molar-refractivity contribution in [2.45, 2.75) is 38.3 Å². The highest BCUT2D eigenvalue weighted by Crippen LogP contribution is 2.43. The van der Waals surface area contributed by atoms with Crippen molar-refractivity contribution in [3.05, 3.63) is 21.9 Å². The van der Waals surface area contributed by atoms with Crippen LogP contribution in [0.3, 0.4) is 0 Å². The van der Waals surface area contributed by atoms with Crippen LogP contribution in [-0.2, 0) is 15.9 Å². The lowest BCUT2D eigenvalue weighted by atomic mass is 9.67. The molecule has 1 aromatic rings. The van der Waals surface area contributed by atoms with Crippen molar-refractivity contribution < 1.29 is 14.3 Å². The molecule has 21 heavy (non-hydrogen) atoms. The number of carbonyl (C=O) groups is 1. The molecule has 1 amide bonds. The monoisotopic (exact) mass is 309 g/mol. The first kappa shape index (κ1) is 15.0. The van der Waals surface area contributed by atoms with E-state index in [-0.39, 0.29) is 18.1 Å². The second-order valence-corrected chi connectivity index (χ2v) is 6.95. The Balaban J connectivity index is 1.63. The average molecular weight is 309 g/mol. The number of hydrogen-bond donors (Lipinski definition) is 1. The normalized spacial score (nSPS) is 30.8. The first-order valence-electron chi connectivity index (χ1n) is 7.73. The van der Waals surface area contributed by atoms with Crippen LogP contribution >= 0.6 is 11.3 Å². The van der Waals surface area contributed by atoms with Gasteiger partial charge in [-0.2, -0.15) is 0 Å². The molecule has 0 aromatic carbocycles. The molecule has 0 radical (unpaired) electrons. The molecule has 3 rings (SSSR count). The smallest absolute Gasteiger partial charge is 0.252 e. The minimum absolute atomic E-state index is 0.0463. The Bertz CT molecular complexity index is 501. The minimum Gasteiger partial charge on any atom is -0.384 e. The summed E-state index contributed by atoms with van der Waals surface area (Å²) in [5.41, 5.74) is 0.794. The topological polar surface area (TPSA) is 47.6 Å². The average Bonchev–Trinajstić information content (AvgIpc) is 3.10. The van der Waals surface area contributed by atoms with E-state index in [9.17, 15) is 4.79 Å². The predicted molar refractivity (Wildman–Crippen MR) is 82.8 cm³/mol. The van der Waals surface area contributed by atoms with Gasteiger partial charge in [-0.15, -0.1) is 11.3 Å². The summed E-state index contributed by atoms with van der Waals surface area (Å²) in [7, 11) is 1.71. The van der Waals surface area contributed by atoms with E-state index in [1.807, 2.05) is 11.4 Å². The van der Waals surface area contributed by atoms with Crippen molar-refractivity contribution in [1.29, 1.82) is 0 Å². The van der Waals surface area contributed by atoms with E-state index in [0.717, 1.165) is 31.4 Å². The highest BCUT2D eigenvalue weighted by atomic mass is 32.1. The third-order valence-corrected chi connectivity index (χ3v) is 5.59. The molecule has 1 saturated heterocycles. The Morgan fingerprint density at radius 1 is 1.57 bits per heavy atom. The van der Waals surface area contributed by atoms with Gasteiger partial charge in [0.25, 0.3) is 5.91 Å². The third kappa shape index (κ3) is 2.87. The molecule has 1 aliphatic carbocycles. The summed E-state index contributed by atoms with van der Waals surface area (Å²) in [4.78, 5) is 13.7. The molecule has 1 aromatic heterocycles. The molecular formula is C16H23NO3S. The Morgan fingerprint density at radius 2 is 2.43 bits per heavy atom. The van der Waals surface area contributed by atoms with Gasteiger partial charge in [-0.1, -0.05) is 13.3 Å². The first-order valence-corrected chi connectivity index (χ1v) is 8.61. The lowest BCUT2D eigenvalue weighted by Gasteiger charge is -2.47. The van der Waals surface area contributed by atoms with E-state index in [1.54, 1.807) is 18.4 Å². The molecule has 5 heteroatoms. The maximum atomic E-state index is 12.4. The van der Waals surface area contributed by atoms with E-state index >= 15 is 0 Å². The van der Waals surface area contributed by atoms with E-state index in [2.05, 4.69) is 12.2 Å². The Labute approximate surface area is 129 Å². The van der Waals surface area contributed by atoms with Gasteiger partial charge in [0, 0.05) is 41.9 Å². The first-order chi connectivity index (χ1) is 10.2. The molecule has 4 atom stereocenters. The summed E-state index contributed by atoms with van der Waals surface area (Å²) in [5, 5.41) is 5.17. The van der Waals surface area contributed by atoms with Gasteiger partial charge < -0.3 is 14.8 Å². The SMILES string of the molecule is CCCc1cc(C(=O)N[C@@H]2[C@@H](COC)[C@H]3OCC[C@@H]23)cs1. The standard InChI is InChI=1S/C16H23NO3S/c1-3-4-11-7-10(9-21-11)16(18)17-14-12-5-6-20-15(12)13(14)8-19-2/h7,9,12-15H,3-6,8H2,1-2H3,(H,17,18)/t12-,13+,14-,15-/m0/s1. The van der Waals surface area contributed by atoms with Crippen LogP contribution in [-0.4, -0.2) is 38.4 Å². The molecule has 2 aliphatic rings. The zero-order chi connectivity index (χ0) is 14.8. The second-order valence-electron chi connectivity index (χ2n) is 5.96. The molecule has 4 nitrogen and oxygen atoms in total. The van der Waals surface area contributed by atoms with Crippen molar-refractivity contribution >= 4 is 17.2 Å². The fourth-order valence-corrected chi connectivity index (χ4v) is 4.52. The van der Waals surface area contributed by atoms with E-state index in [1.165, 1.54) is 4.88 Å². The van der Waals surface area contributed by atoms with Crippen molar-refractivity contribution in [3.8, 4) is 0 Å². The predicted octanol–water partition coefficient (Wildman–Crippen LogP) is 2.48. The molecule has 1 N–H and O–H groups in total. The highest BCUT2D eigenvalue weighted by Gasteiger charge is 2.54. The van der Waals surface area contributed by atoms with Gasteiger partial charge in [0.15, 0.2) is 0 Å². The van der Waals surface area contributed by atoms with Gasteiger partial charge in [0.2, 0.25) is 0 Å². The summed E-state index contributed by atoms with van der Waals surface area (Å²) in [5.74, 6) is 0.799. The summed E-state index contributed by atoms with van der Waals surface area (Å²) < 4.78 is 11.0. The largest absolute Gasteiger partial charge is 0.384 e. The lowest BCUT2D eigenvalue weighted by molar-refractivity contribution is -0.0809. The molecule has 1 aliphatic heterocycles. The van der Waals surface area contributed by atoms with Gasteiger partial charge >= 0.3 is 0 Å². The maximum absolute atomic E-state index is 12.4. The van der Waals surface area contributed by atoms with Crippen LogP contribution < -0.4 is 5.32 Å². The van der Waals surface area contributed by atoms with Gasteiger partial charge in [-0.25, -0.2) is 0 Å². The van der Waals surface area contributed by atoms with E-state index < -0.39 is 0 Å². The van der Waals surface area contributed by atoms with Gasteiger partial charge in [-0.3, -0.25) is 4.79 Å². The maximum Gasteiger partial charge on any atom is 0.252 e. The number of ether oxygens (including phenoxy) is 2. The molecule has 0 spiro atoms. The lowest BCUT2D eigenvalue weighted by Crippen LogP contribution is -2.62. The molecule has 0 bridgehead atoms. The number of amides is 1. The van der Waals surface area contributed by atoms with Crippen LogP contribution in [0.4, 0.5) is 0 Å². The van der Waals surface area contributed by atoms with Gasteiger partial charge in [0.1, 0.15) is 0 Å². The highest BCUT2D eigenvalue weighted by molar-refractivity contribution is 7.10. The van der Waals surface area contributed by atoms with Crippen molar-refractivity contribution in [1.82, 2.24) is 5.32 Å². The Morgan fingerprint density at radius 3 is 3.19 bits per heavy atom. The number of rotatable bonds is 6. The molecule has 116 valence electrons. The zero-order valence-electron chi connectivity index (χ0n) is 12.6. The Hall–Kier alpha value is -0.910. The van der Waals surface area contributed by atoms with Crippen LogP contribution in [0.5, 0.6) is 0 Å². The van der Waals surface area contributed by atoms with Crippen LogP contribution in [0.2, 0.25) is 0 Å². The molecule has 2 fully saturated rings. The summed E-state index contributed by atoms with van der Waals surface area (Å²) in [6.07, 6.45) is 3.47. The molecule has 2 heterocycles. The van der Waals surface area contributed by atoms with Crippen LogP contribution in [0.25, 0.3) is 0 Å². The number of methoxy groups -OCH3 is 1. The van der Waals surface area contributed by atoms with E-state index in [0.29, 0.717) is 18.4 Å². The summed E-state index contributed by atoms with van der Waals surface area (Å²) >= 11 is 1.68. The van der Waals surface area contributed by atoms with Gasteiger partial charge in [0.05, 0.1) is 18.3 Å². The van der Waals surface area contributed by atoms with Crippen LogP contribution in [0.1, 0.15) is 35.0 Å². The van der Waals surface area contributed by atoms with E-state index in [4.69, 9.17) is 9.47 Å². The fourth-order valence-electron chi connectivity index (χ4n) is 3.55. The number of fused-ring (bicyclic) bond motifs is 1.